The van der Waals surface area contributed by atoms with Crippen molar-refractivity contribution in [3.05, 3.63) is 23.8 Å². The summed E-state index contributed by atoms with van der Waals surface area (Å²) in [6.45, 7) is 1.69. The van der Waals surface area contributed by atoms with Gasteiger partial charge in [-0.3, -0.25) is 9.59 Å². The molecule has 1 heterocycles. The first-order chi connectivity index (χ1) is 11.6. The average Bonchev–Trinajstić information content (AvgIpc) is 2.54. The lowest BCUT2D eigenvalue weighted by Crippen LogP contribution is -2.39. The van der Waals surface area contributed by atoms with Gasteiger partial charge in [-0.25, -0.2) is 0 Å². The zero-order valence-electron chi connectivity index (χ0n) is 14.5. The molecule has 0 radical (unpaired) electrons. The second kappa shape index (κ2) is 7.24. The van der Waals surface area contributed by atoms with Crippen LogP contribution in [0.2, 0.25) is 0 Å². The van der Waals surface area contributed by atoms with E-state index in [1.165, 1.54) is 32.1 Å². The van der Waals surface area contributed by atoms with Gasteiger partial charge in [0.25, 0.3) is 11.8 Å². The Balaban J connectivity index is 1.82. The molecule has 3 rings (SSSR count). The number of hydrogen-bond donors (Lipinski definition) is 1. The lowest BCUT2D eigenvalue weighted by Gasteiger charge is -2.31. The maximum Gasteiger partial charge on any atom is 0.265 e. The fraction of sp³-hybridized carbons (Fsp3) is 0.579. The van der Waals surface area contributed by atoms with Crippen molar-refractivity contribution in [3.63, 3.8) is 0 Å². The molecule has 0 bridgehead atoms. The maximum absolute atomic E-state index is 13.0. The number of nitrogens with zero attached hydrogens (tertiary/aromatic N) is 1. The molecule has 130 valence electrons. The largest absolute Gasteiger partial charge is 0.478 e. The van der Waals surface area contributed by atoms with Crippen molar-refractivity contribution in [2.75, 3.05) is 12.4 Å². The summed E-state index contributed by atoms with van der Waals surface area (Å²) < 4.78 is 5.72. The third-order valence-corrected chi connectivity index (χ3v) is 5.11. The van der Waals surface area contributed by atoms with E-state index in [-0.39, 0.29) is 17.9 Å². The van der Waals surface area contributed by atoms with Crippen LogP contribution in [-0.4, -0.2) is 35.9 Å². The molecule has 1 aliphatic carbocycles. The van der Waals surface area contributed by atoms with Gasteiger partial charge in [0.15, 0.2) is 11.9 Å². The topological polar surface area (TPSA) is 58.6 Å². The molecule has 1 aromatic rings. The minimum atomic E-state index is -0.585. The predicted octanol–water partition coefficient (Wildman–Crippen LogP) is 3.59. The maximum atomic E-state index is 13.0. The van der Waals surface area contributed by atoms with Crippen LogP contribution in [0.1, 0.15) is 62.2 Å². The molecule has 1 N–H and O–H groups in total. The van der Waals surface area contributed by atoms with Gasteiger partial charge in [-0.05, 0) is 31.9 Å². The van der Waals surface area contributed by atoms with Gasteiger partial charge in [0, 0.05) is 13.1 Å². The fourth-order valence-corrected chi connectivity index (χ4v) is 3.57. The number of nitrogens with one attached hydrogen (secondary N) is 1. The minimum absolute atomic E-state index is 0.0271. The highest BCUT2D eigenvalue weighted by molar-refractivity contribution is 6.04. The van der Waals surface area contributed by atoms with Crippen molar-refractivity contribution in [2.45, 2.75) is 64.0 Å². The Kier molecular flexibility index (Phi) is 5.07. The van der Waals surface area contributed by atoms with Crippen molar-refractivity contribution >= 4 is 17.5 Å². The monoisotopic (exact) mass is 330 g/mol. The van der Waals surface area contributed by atoms with E-state index in [0.717, 1.165) is 12.8 Å². The van der Waals surface area contributed by atoms with Gasteiger partial charge in [0.05, 0.1) is 11.3 Å². The molecule has 0 aromatic heterocycles. The molecule has 24 heavy (non-hydrogen) atoms. The Morgan fingerprint density at radius 2 is 1.83 bits per heavy atom. The van der Waals surface area contributed by atoms with Gasteiger partial charge in [-0.1, -0.05) is 38.2 Å². The Hall–Kier alpha value is -2.04. The highest BCUT2D eigenvalue weighted by atomic mass is 16.5. The second-order valence-corrected chi connectivity index (χ2v) is 6.85. The summed E-state index contributed by atoms with van der Waals surface area (Å²) in [5, 5.41) is 2.81. The summed E-state index contributed by atoms with van der Waals surface area (Å²) in [6, 6.07) is 5.62. The SMILES string of the molecule is CC1Oc2c(cccc2C(=O)N(C)C2CCCCCCC2)NC1=O. The molecular weight excluding hydrogens is 304 g/mol. The highest BCUT2D eigenvalue weighted by Gasteiger charge is 2.30. The highest BCUT2D eigenvalue weighted by Crippen LogP contribution is 2.34. The van der Waals surface area contributed by atoms with Crippen molar-refractivity contribution in [3.8, 4) is 5.75 Å². The Bertz CT molecular complexity index is 621. The summed E-state index contributed by atoms with van der Waals surface area (Å²) in [5.41, 5.74) is 1.11. The zero-order valence-corrected chi connectivity index (χ0v) is 14.5. The number of rotatable bonds is 2. The van der Waals surface area contributed by atoms with Crippen molar-refractivity contribution in [1.82, 2.24) is 4.90 Å². The molecule has 1 unspecified atom stereocenters. The standard InChI is InChI=1S/C19H26N2O3/c1-13-18(22)20-16-12-8-11-15(17(16)24-13)19(23)21(2)14-9-6-4-3-5-7-10-14/h8,11-14H,3-7,9-10H2,1-2H3,(H,20,22). The summed E-state index contributed by atoms with van der Waals surface area (Å²) >= 11 is 0. The number of benzene rings is 1. The van der Waals surface area contributed by atoms with E-state index in [1.807, 2.05) is 11.9 Å². The number of carbonyl (C=O) groups is 2. The third kappa shape index (κ3) is 3.40. The van der Waals surface area contributed by atoms with E-state index in [0.29, 0.717) is 17.0 Å². The van der Waals surface area contributed by atoms with E-state index < -0.39 is 6.10 Å². The molecule has 1 fully saturated rings. The first kappa shape index (κ1) is 16.8. The summed E-state index contributed by atoms with van der Waals surface area (Å²) in [5.74, 6) is 0.286. The molecule has 5 nitrogen and oxygen atoms in total. The van der Waals surface area contributed by atoms with Crippen molar-refractivity contribution in [2.24, 2.45) is 0 Å². The van der Waals surface area contributed by atoms with Crippen LogP contribution in [0, 0.1) is 0 Å². The van der Waals surface area contributed by atoms with Crippen LogP contribution in [0.5, 0.6) is 5.75 Å². The normalized spacial score (nSPS) is 21.8. The van der Waals surface area contributed by atoms with Crippen LogP contribution in [0.3, 0.4) is 0 Å². The number of ether oxygens (including phenoxy) is 1. The van der Waals surface area contributed by atoms with Crippen LogP contribution < -0.4 is 10.1 Å². The molecule has 1 aromatic carbocycles. The van der Waals surface area contributed by atoms with E-state index in [9.17, 15) is 9.59 Å². The van der Waals surface area contributed by atoms with E-state index in [1.54, 1.807) is 25.1 Å². The van der Waals surface area contributed by atoms with E-state index in [4.69, 9.17) is 4.74 Å². The van der Waals surface area contributed by atoms with Gasteiger partial charge in [0.1, 0.15) is 0 Å². The summed E-state index contributed by atoms with van der Waals surface area (Å²) in [7, 11) is 1.89. The molecule has 1 aliphatic heterocycles. The lowest BCUT2D eigenvalue weighted by molar-refractivity contribution is -0.122. The summed E-state index contributed by atoms with van der Waals surface area (Å²) in [4.78, 5) is 26.7. The number of hydrogen-bond acceptors (Lipinski definition) is 3. The quantitative estimate of drug-likeness (QED) is 0.901. The molecule has 0 spiro atoms. The van der Waals surface area contributed by atoms with Gasteiger partial charge in [-0.15, -0.1) is 0 Å². The number of para-hydroxylation sites is 1. The van der Waals surface area contributed by atoms with Gasteiger partial charge in [0.2, 0.25) is 0 Å². The second-order valence-electron chi connectivity index (χ2n) is 6.85. The number of fused-ring (bicyclic) bond motifs is 1. The van der Waals surface area contributed by atoms with Gasteiger partial charge >= 0.3 is 0 Å². The van der Waals surface area contributed by atoms with Crippen molar-refractivity contribution in [1.29, 1.82) is 0 Å². The minimum Gasteiger partial charge on any atom is -0.478 e. The van der Waals surface area contributed by atoms with Gasteiger partial charge < -0.3 is 15.0 Å². The number of carbonyl (C=O) groups excluding carboxylic acids is 2. The third-order valence-electron chi connectivity index (χ3n) is 5.11. The Morgan fingerprint density at radius 3 is 2.54 bits per heavy atom. The number of amides is 2. The molecule has 0 saturated heterocycles. The summed E-state index contributed by atoms with van der Waals surface area (Å²) in [6.07, 6.45) is 7.71. The first-order valence-electron chi connectivity index (χ1n) is 8.95. The first-order valence-corrected chi connectivity index (χ1v) is 8.95. The predicted molar refractivity (Wildman–Crippen MR) is 93.4 cm³/mol. The molecule has 5 heteroatoms. The van der Waals surface area contributed by atoms with E-state index in [2.05, 4.69) is 5.32 Å². The van der Waals surface area contributed by atoms with Crippen LogP contribution in [-0.2, 0) is 4.79 Å². The lowest BCUT2D eigenvalue weighted by atomic mass is 9.95. The molecule has 2 aliphatic rings. The zero-order chi connectivity index (χ0) is 17.1. The number of anilines is 1. The smallest absolute Gasteiger partial charge is 0.265 e. The van der Waals surface area contributed by atoms with Crippen molar-refractivity contribution < 1.29 is 14.3 Å². The van der Waals surface area contributed by atoms with Crippen LogP contribution in [0.4, 0.5) is 5.69 Å². The molecular formula is C19H26N2O3. The van der Waals surface area contributed by atoms with Crippen LogP contribution >= 0.6 is 0 Å². The molecule has 2 amide bonds. The van der Waals surface area contributed by atoms with Gasteiger partial charge in [-0.2, -0.15) is 0 Å². The Morgan fingerprint density at radius 1 is 1.17 bits per heavy atom. The van der Waals surface area contributed by atoms with Crippen LogP contribution in [0.25, 0.3) is 0 Å². The van der Waals surface area contributed by atoms with Crippen LogP contribution in [0.15, 0.2) is 18.2 Å². The Labute approximate surface area is 143 Å². The van der Waals surface area contributed by atoms with E-state index >= 15 is 0 Å². The molecule has 1 saturated carbocycles. The molecule has 1 atom stereocenters. The average molecular weight is 330 g/mol. The fourth-order valence-electron chi connectivity index (χ4n) is 3.57.